The largest absolute Gasteiger partial charge is 0.374 e. The highest BCUT2D eigenvalue weighted by molar-refractivity contribution is 14.0. The normalized spacial score (nSPS) is 32.0. The molecule has 4 unspecified atom stereocenters. The first-order valence-electron chi connectivity index (χ1n) is 10.1. The van der Waals surface area contributed by atoms with Crippen LogP contribution in [0, 0.1) is 11.8 Å². The number of nitrogens with zero attached hydrogens (tertiary/aromatic N) is 4. The molecule has 4 saturated heterocycles. The third-order valence-corrected chi connectivity index (χ3v) is 6.65. The van der Waals surface area contributed by atoms with Gasteiger partial charge in [-0.15, -0.1) is 24.0 Å². The predicted molar refractivity (Wildman–Crippen MR) is 118 cm³/mol. The molecule has 4 atom stereocenters. The van der Waals surface area contributed by atoms with Gasteiger partial charge in [-0.05, 0) is 43.4 Å². The molecule has 5 heterocycles. The van der Waals surface area contributed by atoms with Gasteiger partial charge in [0.05, 0.1) is 12.2 Å². The van der Waals surface area contributed by atoms with Crippen LogP contribution in [0.2, 0.25) is 0 Å². The first-order valence-corrected chi connectivity index (χ1v) is 10.1. The van der Waals surface area contributed by atoms with Gasteiger partial charge >= 0.3 is 0 Å². The number of hydrogen-bond donors (Lipinski definition) is 1. The van der Waals surface area contributed by atoms with E-state index in [0.29, 0.717) is 24.0 Å². The first-order chi connectivity index (χ1) is 12.8. The topological polar surface area (TPSA) is 53.0 Å². The fourth-order valence-electron chi connectivity index (χ4n) is 5.34. The molecule has 1 aromatic heterocycles. The maximum absolute atomic E-state index is 6.09. The van der Waals surface area contributed by atoms with E-state index in [1.807, 2.05) is 13.2 Å². The van der Waals surface area contributed by atoms with E-state index in [9.17, 15) is 0 Å². The van der Waals surface area contributed by atoms with Crippen LogP contribution in [0.5, 0.6) is 0 Å². The molecule has 27 heavy (non-hydrogen) atoms. The van der Waals surface area contributed by atoms with Crippen LogP contribution in [0.3, 0.4) is 0 Å². The summed E-state index contributed by atoms with van der Waals surface area (Å²) in [5.41, 5.74) is 1.27. The van der Waals surface area contributed by atoms with Gasteiger partial charge in [0.15, 0.2) is 5.96 Å². The molecular weight excluding hydrogens is 453 g/mol. The van der Waals surface area contributed by atoms with E-state index < -0.39 is 0 Å². The monoisotopic (exact) mass is 483 g/mol. The average molecular weight is 483 g/mol. The van der Waals surface area contributed by atoms with Crippen molar-refractivity contribution in [2.24, 2.45) is 16.8 Å². The minimum atomic E-state index is 0. The molecule has 0 saturated carbocycles. The number of likely N-dealkylation sites (tertiary alicyclic amines) is 1. The van der Waals surface area contributed by atoms with Crippen molar-refractivity contribution in [2.45, 2.75) is 44.4 Å². The van der Waals surface area contributed by atoms with Crippen molar-refractivity contribution in [2.75, 3.05) is 38.1 Å². The Morgan fingerprint density at radius 3 is 2.59 bits per heavy atom. The Bertz CT molecular complexity index is 675. The molecule has 7 heteroatoms. The molecule has 1 aromatic rings. The van der Waals surface area contributed by atoms with Crippen LogP contribution < -0.4 is 10.2 Å². The minimum Gasteiger partial charge on any atom is -0.374 e. The van der Waals surface area contributed by atoms with Crippen molar-refractivity contribution >= 4 is 35.8 Å². The van der Waals surface area contributed by atoms with E-state index in [1.54, 1.807) is 0 Å². The minimum absolute atomic E-state index is 0. The number of pyridine rings is 1. The molecule has 0 amide bonds. The summed E-state index contributed by atoms with van der Waals surface area (Å²) in [4.78, 5) is 13.9. The number of guanidine groups is 1. The van der Waals surface area contributed by atoms with Gasteiger partial charge in [-0.2, -0.15) is 0 Å². The summed E-state index contributed by atoms with van der Waals surface area (Å²) in [5, 5.41) is 3.57. The number of anilines is 1. The molecule has 6 nitrogen and oxygen atoms in total. The summed E-state index contributed by atoms with van der Waals surface area (Å²) in [6, 6.07) is 4.32. The zero-order valence-electron chi connectivity index (χ0n) is 16.0. The maximum atomic E-state index is 6.09. The second-order valence-corrected chi connectivity index (χ2v) is 8.14. The van der Waals surface area contributed by atoms with Crippen LogP contribution in [-0.4, -0.2) is 61.3 Å². The van der Waals surface area contributed by atoms with Gasteiger partial charge in [0.2, 0.25) is 0 Å². The molecule has 4 aliphatic heterocycles. The van der Waals surface area contributed by atoms with Crippen LogP contribution in [0.4, 0.5) is 5.82 Å². The molecule has 0 aliphatic carbocycles. The van der Waals surface area contributed by atoms with Crippen LogP contribution in [0.15, 0.2) is 23.3 Å². The summed E-state index contributed by atoms with van der Waals surface area (Å²) >= 11 is 0. The molecule has 1 N–H and O–H groups in total. The van der Waals surface area contributed by atoms with Crippen molar-refractivity contribution in [3.63, 3.8) is 0 Å². The molecule has 0 aromatic carbocycles. The number of ether oxygens (including phenoxy) is 1. The fourth-order valence-corrected chi connectivity index (χ4v) is 5.34. The van der Waals surface area contributed by atoms with Crippen LogP contribution >= 0.6 is 24.0 Å². The highest BCUT2D eigenvalue weighted by Crippen LogP contribution is 2.47. The van der Waals surface area contributed by atoms with Crippen molar-refractivity contribution in [3.8, 4) is 0 Å². The lowest BCUT2D eigenvalue weighted by Gasteiger charge is -2.23. The third kappa shape index (κ3) is 3.64. The quantitative estimate of drug-likeness (QED) is 0.407. The number of rotatable bonds is 3. The molecule has 2 bridgehead atoms. The first kappa shape index (κ1) is 19.2. The van der Waals surface area contributed by atoms with E-state index in [0.717, 1.165) is 44.5 Å². The van der Waals surface area contributed by atoms with Crippen molar-refractivity contribution in [1.82, 2.24) is 15.2 Å². The Balaban J connectivity index is 0.00000180. The molecule has 4 aliphatic rings. The molecular formula is C20H30IN5O. The van der Waals surface area contributed by atoms with Crippen LogP contribution in [0.1, 0.15) is 31.2 Å². The van der Waals surface area contributed by atoms with Gasteiger partial charge in [-0.3, -0.25) is 4.99 Å². The van der Waals surface area contributed by atoms with E-state index >= 15 is 0 Å². The fraction of sp³-hybridized carbons (Fsp3) is 0.700. The smallest absolute Gasteiger partial charge is 0.193 e. The summed E-state index contributed by atoms with van der Waals surface area (Å²) in [5.74, 6) is 3.55. The van der Waals surface area contributed by atoms with Gasteiger partial charge in [0.25, 0.3) is 0 Å². The average Bonchev–Trinajstić information content (AvgIpc) is 3.44. The number of halogens is 1. The zero-order chi connectivity index (χ0) is 17.5. The molecule has 4 fully saturated rings. The van der Waals surface area contributed by atoms with Crippen LogP contribution in [0.25, 0.3) is 0 Å². The molecule has 0 radical (unpaired) electrons. The Labute approximate surface area is 178 Å². The number of nitrogens with one attached hydrogen (secondary N) is 1. The van der Waals surface area contributed by atoms with E-state index in [4.69, 9.17) is 4.74 Å². The predicted octanol–water partition coefficient (Wildman–Crippen LogP) is 2.48. The standard InChI is InChI=1S/C20H29N5O.HI/c1-21-20(25-12-15-16(13-25)18-5-4-17(15)26-18)23-11-14-6-7-22-19(10-14)24-8-2-3-9-24;/h6-7,10,15-18H,2-5,8-9,11-13H2,1H3,(H,21,23);1H. The van der Waals surface area contributed by atoms with Gasteiger partial charge in [0.1, 0.15) is 5.82 Å². The van der Waals surface area contributed by atoms with E-state index in [2.05, 4.69) is 37.2 Å². The van der Waals surface area contributed by atoms with Gasteiger partial charge in [0, 0.05) is 57.8 Å². The van der Waals surface area contributed by atoms with Gasteiger partial charge in [-0.25, -0.2) is 4.98 Å². The van der Waals surface area contributed by atoms with E-state index in [-0.39, 0.29) is 24.0 Å². The molecule has 5 rings (SSSR count). The number of hydrogen-bond acceptors (Lipinski definition) is 4. The van der Waals surface area contributed by atoms with Gasteiger partial charge < -0.3 is 19.9 Å². The van der Waals surface area contributed by atoms with Gasteiger partial charge in [-0.1, -0.05) is 0 Å². The van der Waals surface area contributed by atoms with Crippen molar-refractivity contribution in [3.05, 3.63) is 23.9 Å². The zero-order valence-corrected chi connectivity index (χ0v) is 18.3. The molecule has 148 valence electrons. The lowest BCUT2D eigenvalue weighted by Crippen LogP contribution is -2.41. The SMILES string of the molecule is CN=C(NCc1ccnc(N2CCCC2)c1)N1CC2C3CCC(O3)C2C1.I. The maximum Gasteiger partial charge on any atom is 0.193 e. The summed E-state index contributed by atoms with van der Waals surface area (Å²) in [6.45, 7) is 5.23. The lowest BCUT2D eigenvalue weighted by atomic mass is 9.82. The van der Waals surface area contributed by atoms with E-state index in [1.165, 1.54) is 31.2 Å². The second kappa shape index (κ2) is 8.11. The third-order valence-electron chi connectivity index (χ3n) is 6.65. The summed E-state index contributed by atoms with van der Waals surface area (Å²) in [7, 11) is 1.89. The number of aromatic nitrogens is 1. The Kier molecular flexibility index (Phi) is 5.78. The second-order valence-electron chi connectivity index (χ2n) is 8.14. The summed E-state index contributed by atoms with van der Waals surface area (Å²) in [6.07, 6.45) is 7.99. The Morgan fingerprint density at radius 1 is 1.22 bits per heavy atom. The highest BCUT2D eigenvalue weighted by Gasteiger charge is 2.53. The number of aliphatic imine (C=N–C) groups is 1. The molecule has 0 spiro atoms. The van der Waals surface area contributed by atoms with Crippen molar-refractivity contribution in [1.29, 1.82) is 0 Å². The van der Waals surface area contributed by atoms with Crippen molar-refractivity contribution < 1.29 is 4.74 Å². The Morgan fingerprint density at radius 2 is 1.93 bits per heavy atom. The highest BCUT2D eigenvalue weighted by atomic mass is 127. The number of fused-ring (bicyclic) bond motifs is 5. The lowest BCUT2D eigenvalue weighted by molar-refractivity contribution is 0.0767. The summed E-state index contributed by atoms with van der Waals surface area (Å²) < 4.78 is 6.09. The Hall–Kier alpha value is -1.09. The van der Waals surface area contributed by atoms with Crippen LogP contribution in [-0.2, 0) is 11.3 Å².